The van der Waals surface area contributed by atoms with Gasteiger partial charge in [0.05, 0.1) is 24.1 Å². The topological polar surface area (TPSA) is 131 Å². The van der Waals surface area contributed by atoms with Gasteiger partial charge in [-0.3, -0.25) is 9.69 Å². The fraction of sp³-hybridized carbons (Fsp3) is 0.524. The molecule has 1 atom stereocenters. The molecule has 0 saturated carbocycles. The number of carbonyl (C=O) groups excluding carboxylic acids is 2. The SMILES string of the molecule is Cc1nnc(C)c2c1CC(CNCCC1CN(c3cnc4c(n3)NC(=O)CO4)C(=O)O1)C2. The van der Waals surface area contributed by atoms with Crippen LogP contribution in [0.15, 0.2) is 6.20 Å². The van der Waals surface area contributed by atoms with Crippen molar-refractivity contribution in [2.45, 2.75) is 39.2 Å². The first-order valence-corrected chi connectivity index (χ1v) is 10.8. The third kappa shape index (κ3) is 3.95. The van der Waals surface area contributed by atoms with E-state index in [0.717, 1.165) is 37.3 Å². The third-order valence-electron chi connectivity index (χ3n) is 6.12. The van der Waals surface area contributed by atoms with Crippen LogP contribution < -0.4 is 20.3 Å². The number of cyclic esters (lactones) is 1. The monoisotopic (exact) mass is 439 g/mol. The molecule has 11 heteroatoms. The quantitative estimate of drug-likeness (QED) is 0.631. The molecular weight excluding hydrogens is 414 g/mol. The van der Waals surface area contributed by atoms with Crippen molar-refractivity contribution in [3.8, 4) is 5.88 Å². The Morgan fingerprint density at radius 3 is 2.69 bits per heavy atom. The van der Waals surface area contributed by atoms with Crippen LogP contribution >= 0.6 is 0 Å². The highest BCUT2D eigenvalue weighted by Gasteiger charge is 2.34. The molecule has 2 aliphatic heterocycles. The Labute approximate surface area is 184 Å². The summed E-state index contributed by atoms with van der Waals surface area (Å²) in [5.41, 5.74) is 4.75. The molecule has 2 aromatic heterocycles. The summed E-state index contributed by atoms with van der Waals surface area (Å²) in [7, 11) is 0. The van der Waals surface area contributed by atoms with Gasteiger partial charge in [-0.05, 0) is 63.2 Å². The maximum absolute atomic E-state index is 12.3. The van der Waals surface area contributed by atoms with E-state index >= 15 is 0 Å². The molecule has 0 aromatic carbocycles. The number of nitrogens with one attached hydrogen (secondary N) is 2. The molecular formula is C21H25N7O4. The minimum atomic E-state index is -0.468. The van der Waals surface area contributed by atoms with Gasteiger partial charge in [-0.2, -0.15) is 10.2 Å². The lowest BCUT2D eigenvalue weighted by atomic mass is 10.1. The Morgan fingerprint density at radius 2 is 1.94 bits per heavy atom. The van der Waals surface area contributed by atoms with Gasteiger partial charge in [0.25, 0.3) is 11.8 Å². The van der Waals surface area contributed by atoms with Crippen LogP contribution in [0, 0.1) is 19.8 Å². The Hall–Kier alpha value is -3.34. The predicted molar refractivity (Wildman–Crippen MR) is 114 cm³/mol. The van der Waals surface area contributed by atoms with Crippen molar-refractivity contribution in [1.29, 1.82) is 0 Å². The summed E-state index contributed by atoms with van der Waals surface area (Å²) in [4.78, 5) is 33.7. The largest absolute Gasteiger partial charge is 0.465 e. The summed E-state index contributed by atoms with van der Waals surface area (Å²) in [5, 5.41) is 14.6. The lowest BCUT2D eigenvalue weighted by molar-refractivity contribution is -0.118. The highest BCUT2D eigenvalue weighted by molar-refractivity contribution is 5.94. The molecule has 4 heterocycles. The van der Waals surface area contributed by atoms with Crippen LogP contribution in [0.5, 0.6) is 5.88 Å². The third-order valence-corrected chi connectivity index (χ3v) is 6.12. The van der Waals surface area contributed by atoms with Crippen molar-refractivity contribution >= 4 is 23.6 Å². The first kappa shape index (κ1) is 20.6. The molecule has 1 saturated heterocycles. The standard InChI is InChI=1S/C21H25N7O4/c1-11-15-5-13(6-16(15)12(2)27-26-11)7-22-4-3-14-9-28(21(30)32-14)17-8-23-20-19(24-17)25-18(29)10-31-20/h8,13-14,22H,3-7,9-10H2,1-2H3,(H,24,25,29). The zero-order chi connectivity index (χ0) is 22.2. The first-order valence-electron chi connectivity index (χ1n) is 10.8. The highest BCUT2D eigenvalue weighted by atomic mass is 16.6. The lowest BCUT2D eigenvalue weighted by Gasteiger charge is -2.18. The average molecular weight is 439 g/mol. The lowest BCUT2D eigenvalue weighted by Crippen LogP contribution is -2.30. The molecule has 1 fully saturated rings. The van der Waals surface area contributed by atoms with E-state index in [1.54, 1.807) is 0 Å². The van der Waals surface area contributed by atoms with Gasteiger partial charge >= 0.3 is 6.09 Å². The summed E-state index contributed by atoms with van der Waals surface area (Å²) in [6.45, 7) is 5.97. The van der Waals surface area contributed by atoms with Gasteiger partial charge in [0.15, 0.2) is 18.2 Å². The molecule has 0 bridgehead atoms. The number of hydrogen-bond donors (Lipinski definition) is 2. The van der Waals surface area contributed by atoms with E-state index in [1.165, 1.54) is 22.2 Å². The summed E-state index contributed by atoms with van der Waals surface area (Å²) in [6.07, 6.45) is 3.48. The summed E-state index contributed by atoms with van der Waals surface area (Å²) in [5.74, 6) is 1.00. The van der Waals surface area contributed by atoms with E-state index in [9.17, 15) is 9.59 Å². The van der Waals surface area contributed by atoms with Crippen molar-refractivity contribution in [3.05, 3.63) is 28.7 Å². The molecule has 168 valence electrons. The summed E-state index contributed by atoms with van der Waals surface area (Å²) >= 11 is 0. The number of aromatic nitrogens is 4. The molecule has 2 amide bonds. The van der Waals surface area contributed by atoms with Crippen LogP contribution in [-0.2, 0) is 22.4 Å². The van der Waals surface area contributed by atoms with Crippen molar-refractivity contribution in [1.82, 2.24) is 25.5 Å². The van der Waals surface area contributed by atoms with Crippen LogP contribution in [0.25, 0.3) is 0 Å². The number of ether oxygens (including phenoxy) is 2. The van der Waals surface area contributed by atoms with E-state index in [0.29, 0.717) is 24.7 Å². The number of amides is 2. The van der Waals surface area contributed by atoms with E-state index < -0.39 is 6.09 Å². The van der Waals surface area contributed by atoms with Gasteiger partial charge in [-0.15, -0.1) is 0 Å². The second kappa shape index (κ2) is 8.30. The minimum Gasteiger partial charge on any atom is -0.465 e. The molecule has 3 aliphatic rings. The molecule has 1 unspecified atom stereocenters. The zero-order valence-corrected chi connectivity index (χ0v) is 18.1. The molecule has 0 spiro atoms. The molecule has 2 N–H and O–H groups in total. The van der Waals surface area contributed by atoms with Crippen LogP contribution in [0.3, 0.4) is 0 Å². The second-order valence-corrected chi connectivity index (χ2v) is 8.43. The van der Waals surface area contributed by atoms with Crippen LogP contribution in [0.2, 0.25) is 0 Å². The average Bonchev–Trinajstić information content (AvgIpc) is 3.38. The van der Waals surface area contributed by atoms with Gasteiger partial charge < -0.3 is 20.1 Å². The van der Waals surface area contributed by atoms with Gasteiger partial charge in [-0.1, -0.05) is 0 Å². The van der Waals surface area contributed by atoms with Crippen LogP contribution in [-0.4, -0.2) is 64.5 Å². The fourth-order valence-corrected chi connectivity index (χ4v) is 4.46. The Balaban J connectivity index is 1.11. The van der Waals surface area contributed by atoms with Crippen molar-refractivity contribution in [2.75, 3.05) is 36.5 Å². The van der Waals surface area contributed by atoms with Crippen molar-refractivity contribution in [3.63, 3.8) is 0 Å². The molecule has 32 heavy (non-hydrogen) atoms. The number of aryl methyl sites for hydroxylation is 2. The number of nitrogens with zero attached hydrogens (tertiary/aromatic N) is 5. The van der Waals surface area contributed by atoms with E-state index in [4.69, 9.17) is 9.47 Å². The summed E-state index contributed by atoms with van der Waals surface area (Å²) < 4.78 is 10.7. The van der Waals surface area contributed by atoms with Gasteiger partial charge in [0.1, 0.15) is 6.10 Å². The normalized spacial score (nSPS) is 19.9. The molecule has 2 aromatic rings. The first-order chi connectivity index (χ1) is 15.5. The van der Waals surface area contributed by atoms with Gasteiger partial charge in [0.2, 0.25) is 0 Å². The maximum Gasteiger partial charge on any atom is 0.415 e. The van der Waals surface area contributed by atoms with Gasteiger partial charge in [-0.25, -0.2) is 14.8 Å². The molecule has 0 radical (unpaired) electrons. The Kier molecular flexibility index (Phi) is 5.33. The molecule has 1 aliphatic carbocycles. The van der Waals surface area contributed by atoms with Gasteiger partial charge in [0, 0.05) is 0 Å². The number of carbonyl (C=O) groups is 2. The fourth-order valence-electron chi connectivity index (χ4n) is 4.46. The van der Waals surface area contributed by atoms with E-state index in [2.05, 4.69) is 30.8 Å². The van der Waals surface area contributed by atoms with E-state index in [-0.39, 0.29) is 30.3 Å². The zero-order valence-electron chi connectivity index (χ0n) is 18.1. The number of fused-ring (bicyclic) bond motifs is 2. The number of hydrogen-bond acceptors (Lipinski definition) is 9. The smallest absolute Gasteiger partial charge is 0.415 e. The molecule has 5 rings (SSSR count). The van der Waals surface area contributed by atoms with Crippen molar-refractivity contribution in [2.24, 2.45) is 5.92 Å². The second-order valence-electron chi connectivity index (χ2n) is 8.43. The Bertz CT molecular complexity index is 1050. The Morgan fingerprint density at radius 1 is 1.19 bits per heavy atom. The van der Waals surface area contributed by atoms with E-state index in [1.807, 2.05) is 13.8 Å². The number of rotatable bonds is 6. The summed E-state index contributed by atoms with van der Waals surface area (Å²) in [6, 6.07) is 0. The number of anilines is 2. The minimum absolute atomic E-state index is 0.0954. The van der Waals surface area contributed by atoms with Crippen molar-refractivity contribution < 1.29 is 19.1 Å². The van der Waals surface area contributed by atoms with Crippen LogP contribution in [0.4, 0.5) is 16.4 Å². The maximum atomic E-state index is 12.3. The predicted octanol–water partition coefficient (Wildman–Crippen LogP) is 0.934. The highest BCUT2D eigenvalue weighted by Crippen LogP contribution is 2.30. The molecule has 11 nitrogen and oxygen atoms in total. The van der Waals surface area contributed by atoms with Crippen LogP contribution in [0.1, 0.15) is 28.9 Å².